The summed E-state index contributed by atoms with van der Waals surface area (Å²) in [6.45, 7) is 3.92. The van der Waals surface area contributed by atoms with Crippen molar-refractivity contribution in [3.05, 3.63) is 59.7 Å². The molecule has 106 valence electrons. The highest BCUT2D eigenvalue weighted by atomic mass is 15.4. The van der Waals surface area contributed by atoms with E-state index in [4.69, 9.17) is 5.73 Å². The van der Waals surface area contributed by atoms with Crippen molar-refractivity contribution in [1.82, 2.24) is 19.4 Å². The second kappa shape index (κ2) is 5.24. The molecule has 0 bridgehead atoms. The summed E-state index contributed by atoms with van der Waals surface area (Å²) in [5, 5.41) is 8.64. The highest BCUT2D eigenvalue weighted by Crippen LogP contribution is 2.14. The van der Waals surface area contributed by atoms with E-state index < -0.39 is 0 Å². The molecule has 0 radical (unpaired) electrons. The fourth-order valence-electron chi connectivity index (χ4n) is 2.12. The molecule has 0 atom stereocenters. The molecule has 1 aromatic carbocycles. The van der Waals surface area contributed by atoms with Crippen LogP contribution in [0.3, 0.4) is 0 Å². The average molecular weight is 280 g/mol. The number of hydrogen-bond acceptors (Lipinski definition) is 4. The van der Waals surface area contributed by atoms with Crippen molar-refractivity contribution in [1.29, 1.82) is 0 Å². The Labute approximate surface area is 122 Å². The van der Waals surface area contributed by atoms with Crippen LogP contribution in [0.5, 0.6) is 0 Å². The standard InChI is InChI=1S/C15H16N6/c1-11-4-5-14(20-7-3-6-17-20)13(8-11)9-18-21-10-12(2)19-15(21)16/h3-10H,1-2H3,(H2,16,19). The van der Waals surface area contributed by atoms with Crippen molar-refractivity contribution < 1.29 is 0 Å². The van der Waals surface area contributed by atoms with Gasteiger partial charge in [-0.3, -0.25) is 0 Å². The summed E-state index contributed by atoms with van der Waals surface area (Å²) in [6, 6.07) is 8.01. The molecular formula is C15H16N6. The van der Waals surface area contributed by atoms with Crippen LogP contribution in [0.4, 0.5) is 5.95 Å². The Morgan fingerprint density at radius 1 is 1.29 bits per heavy atom. The summed E-state index contributed by atoms with van der Waals surface area (Å²) in [6.07, 6.45) is 7.20. The zero-order valence-electron chi connectivity index (χ0n) is 11.9. The lowest BCUT2D eigenvalue weighted by molar-refractivity contribution is 0.874. The van der Waals surface area contributed by atoms with Crippen LogP contribution in [-0.2, 0) is 0 Å². The number of aromatic nitrogens is 4. The second-order valence-electron chi connectivity index (χ2n) is 4.84. The van der Waals surface area contributed by atoms with Crippen molar-refractivity contribution >= 4 is 12.2 Å². The van der Waals surface area contributed by atoms with E-state index in [1.807, 2.05) is 42.9 Å². The van der Waals surface area contributed by atoms with Crippen LogP contribution >= 0.6 is 0 Å². The van der Waals surface area contributed by atoms with Crippen LogP contribution in [0.15, 0.2) is 48.0 Å². The fraction of sp³-hybridized carbons (Fsp3) is 0.133. The first-order valence-electron chi connectivity index (χ1n) is 6.60. The second-order valence-corrected chi connectivity index (χ2v) is 4.84. The summed E-state index contributed by atoms with van der Waals surface area (Å²) in [4.78, 5) is 4.12. The van der Waals surface area contributed by atoms with Gasteiger partial charge in [0.1, 0.15) is 0 Å². The van der Waals surface area contributed by atoms with E-state index in [9.17, 15) is 0 Å². The monoisotopic (exact) mass is 280 g/mol. The lowest BCUT2D eigenvalue weighted by Gasteiger charge is -2.07. The minimum atomic E-state index is 0.372. The molecule has 0 fully saturated rings. The summed E-state index contributed by atoms with van der Waals surface area (Å²) >= 11 is 0. The third-order valence-electron chi connectivity index (χ3n) is 3.09. The van der Waals surface area contributed by atoms with Crippen molar-refractivity contribution in [3.63, 3.8) is 0 Å². The lowest BCUT2D eigenvalue weighted by atomic mass is 10.1. The van der Waals surface area contributed by atoms with Crippen LogP contribution in [0.1, 0.15) is 16.8 Å². The number of hydrogen-bond donors (Lipinski definition) is 1. The smallest absolute Gasteiger partial charge is 0.221 e. The van der Waals surface area contributed by atoms with E-state index in [2.05, 4.69) is 21.3 Å². The highest BCUT2D eigenvalue weighted by Gasteiger charge is 2.04. The van der Waals surface area contributed by atoms with E-state index >= 15 is 0 Å². The normalized spacial score (nSPS) is 11.3. The largest absolute Gasteiger partial charge is 0.368 e. The van der Waals surface area contributed by atoms with E-state index in [0.29, 0.717) is 5.95 Å². The van der Waals surface area contributed by atoms with E-state index in [1.165, 1.54) is 0 Å². The van der Waals surface area contributed by atoms with Crippen LogP contribution in [0, 0.1) is 13.8 Å². The minimum Gasteiger partial charge on any atom is -0.368 e. The number of anilines is 1. The van der Waals surface area contributed by atoms with Crippen molar-refractivity contribution in [3.8, 4) is 5.69 Å². The van der Waals surface area contributed by atoms with Gasteiger partial charge in [-0.15, -0.1) is 0 Å². The number of nitrogen functional groups attached to an aromatic ring is 1. The quantitative estimate of drug-likeness (QED) is 0.747. The third-order valence-corrected chi connectivity index (χ3v) is 3.09. The first-order chi connectivity index (χ1) is 10.1. The van der Waals surface area contributed by atoms with Gasteiger partial charge in [0.25, 0.3) is 0 Å². The van der Waals surface area contributed by atoms with Gasteiger partial charge in [-0.1, -0.05) is 11.6 Å². The Balaban J connectivity index is 2.02. The topological polar surface area (TPSA) is 74.0 Å². The molecular weight excluding hydrogens is 264 g/mol. The number of nitrogens with zero attached hydrogens (tertiary/aromatic N) is 5. The molecule has 0 saturated carbocycles. The van der Waals surface area contributed by atoms with E-state index in [1.54, 1.807) is 23.3 Å². The van der Waals surface area contributed by atoms with Crippen LogP contribution in [0.2, 0.25) is 0 Å². The van der Waals surface area contributed by atoms with Gasteiger partial charge in [0.15, 0.2) is 0 Å². The Hall–Kier alpha value is -2.89. The zero-order chi connectivity index (χ0) is 14.8. The Bertz CT molecular complexity index is 783. The molecule has 6 heteroatoms. The van der Waals surface area contributed by atoms with Gasteiger partial charge in [0, 0.05) is 18.0 Å². The van der Waals surface area contributed by atoms with Gasteiger partial charge < -0.3 is 5.73 Å². The maximum Gasteiger partial charge on any atom is 0.221 e. The molecule has 0 aliphatic rings. The third kappa shape index (κ3) is 2.69. The van der Waals surface area contributed by atoms with Gasteiger partial charge >= 0.3 is 0 Å². The van der Waals surface area contributed by atoms with Crippen molar-refractivity contribution in [2.24, 2.45) is 5.10 Å². The summed E-state index contributed by atoms with van der Waals surface area (Å²) in [5.41, 5.74) is 9.70. The summed E-state index contributed by atoms with van der Waals surface area (Å²) in [5.74, 6) is 0.372. The van der Waals surface area contributed by atoms with Gasteiger partial charge in [0.2, 0.25) is 5.95 Å². The molecule has 0 amide bonds. The van der Waals surface area contributed by atoms with Gasteiger partial charge in [0.05, 0.1) is 23.8 Å². The first-order valence-corrected chi connectivity index (χ1v) is 6.60. The molecule has 3 aromatic rings. The van der Waals surface area contributed by atoms with Gasteiger partial charge in [-0.2, -0.15) is 10.2 Å². The number of benzene rings is 1. The van der Waals surface area contributed by atoms with Crippen LogP contribution in [0.25, 0.3) is 5.69 Å². The summed E-state index contributed by atoms with van der Waals surface area (Å²) in [7, 11) is 0. The van der Waals surface area contributed by atoms with Crippen LogP contribution in [-0.4, -0.2) is 25.7 Å². The summed E-state index contributed by atoms with van der Waals surface area (Å²) < 4.78 is 3.37. The maximum atomic E-state index is 5.79. The fourth-order valence-corrected chi connectivity index (χ4v) is 2.12. The molecule has 2 N–H and O–H groups in total. The molecule has 0 saturated heterocycles. The Morgan fingerprint density at radius 2 is 2.14 bits per heavy atom. The number of nitrogens with two attached hydrogens (primary N) is 1. The molecule has 0 aliphatic carbocycles. The first kappa shape index (κ1) is 13.1. The predicted octanol–water partition coefficient (Wildman–Crippen LogP) is 2.15. The highest BCUT2D eigenvalue weighted by molar-refractivity contribution is 5.85. The zero-order valence-corrected chi connectivity index (χ0v) is 11.9. The molecule has 0 spiro atoms. The molecule has 21 heavy (non-hydrogen) atoms. The van der Waals surface area contributed by atoms with Crippen molar-refractivity contribution in [2.45, 2.75) is 13.8 Å². The predicted molar refractivity (Wildman–Crippen MR) is 82.7 cm³/mol. The molecule has 0 unspecified atom stereocenters. The van der Waals surface area contributed by atoms with Crippen molar-refractivity contribution in [2.75, 3.05) is 5.73 Å². The molecule has 0 aliphatic heterocycles. The molecule has 6 nitrogen and oxygen atoms in total. The molecule has 3 rings (SSSR count). The SMILES string of the molecule is Cc1ccc(-n2cccn2)c(C=Nn2cc(C)nc2N)c1. The maximum absolute atomic E-state index is 5.79. The van der Waals surface area contributed by atoms with Gasteiger partial charge in [-0.05, 0) is 32.0 Å². The number of rotatable bonds is 3. The Morgan fingerprint density at radius 3 is 2.81 bits per heavy atom. The molecule has 2 aromatic heterocycles. The van der Waals surface area contributed by atoms with Gasteiger partial charge in [-0.25, -0.2) is 14.3 Å². The van der Waals surface area contributed by atoms with Crippen LogP contribution < -0.4 is 5.73 Å². The lowest BCUT2D eigenvalue weighted by Crippen LogP contribution is -2.02. The number of imidazole rings is 1. The number of aryl methyl sites for hydroxylation is 2. The van der Waals surface area contributed by atoms with E-state index in [-0.39, 0.29) is 0 Å². The van der Waals surface area contributed by atoms with E-state index in [0.717, 1.165) is 22.5 Å². The average Bonchev–Trinajstić information content (AvgIpc) is 3.06. The Kier molecular flexibility index (Phi) is 3.27. The molecule has 2 heterocycles. The minimum absolute atomic E-state index is 0.372.